The average Bonchev–Trinajstić information content (AvgIpc) is 2.86. The molecule has 0 radical (unpaired) electrons. The molecule has 0 spiro atoms. The predicted octanol–water partition coefficient (Wildman–Crippen LogP) is 2.71. The van der Waals surface area contributed by atoms with Crippen LogP contribution in [0.5, 0.6) is 5.75 Å². The summed E-state index contributed by atoms with van der Waals surface area (Å²) in [6.07, 6.45) is 4.92. The Bertz CT molecular complexity index is 503. The normalized spacial score (nSPS) is 10.5. The van der Waals surface area contributed by atoms with Crippen molar-refractivity contribution in [1.82, 2.24) is 4.98 Å². The van der Waals surface area contributed by atoms with E-state index >= 15 is 0 Å². The van der Waals surface area contributed by atoms with Crippen molar-refractivity contribution in [3.05, 3.63) is 41.7 Å². The number of ether oxygens (including phenoxy) is 1. The van der Waals surface area contributed by atoms with Crippen molar-refractivity contribution in [2.24, 2.45) is 5.73 Å². The number of hydrogen-bond acceptors (Lipinski definition) is 2. The van der Waals surface area contributed by atoms with E-state index in [0.29, 0.717) is 6.54 Å². The average molecular weight is 230 g/mol. The maximum atomic E-state index is 5.73. The second-order valence-corrected chi connectivity index (χ2v) is 3.99. The fourth-order valence-electron chi connectivity index (χ4n) is 2.00. The fraction of sp³-hybridized carbons (Fsp3) is 0.286. The molecule has 1 aromatic carbocycles. The van der Waals surface area contributed by atoms with Gasteiger partial charge in [0.2, 0.25) is 0 Å². The van der Waals surface area contributed by atoms with Gasteiger partial charge in [0, 0.05) is 30.1 Å². The first-order valence-electron chi connectivity index (χ1n) is 5.83. The molecule has 1 aromatic heterocycles. The van der Waals surface area contributed by atoms with Crippen LogP contribution in [0.4, 0.5) is 0 Å². The number of aromatic amines is 1. The Kier molecular flexibility index (Phi) is 3.49. The highest BCUT2D eigenvalue weighted by molar-refractivity contribution is 5.73. The minimum absolute atomic E-state index is 0.526. The largest absolute Gasteiger partial charge is 0.496 e. The Morgan fingerprint density at radius 1 is 1.24 bits per heavy atom. The van der Waals surface area contributed by atoms with Crippen molar-refractivity contribution in [2.45, 2.75) is 19.9 Å². The molecule has 3 N–H and O–H groups in total. The number of rotatable bonds is 4. The standard InChI is InChI=1S/C14H18N2O/c1-3-10-4-5-14(17-2)12(6-10)13-9-16-8-11(13)7-15/h4-6,8-9,16H,3,7,15H2,1-2H3. The molecule has 3 heteroatoms. The van der Waals surface area contributed by atoms with E-state index in [1.165, 1.54) is 5.56 Å². The molecule has 0 unspecified atom stereocenters. The van der Waals surface area contributed by atoms with Crippen molar-refractivity contribution in [2.75, 3.05) is 7.11 Å². The zero-order valence-electron chi connectivity index (χ0n) is 10.3. The monoisotopic (exact) mass is 230 g/mol. The van der Waals surface area contributed by atoms with Gasteiger partial charge in [0.15, 0.2) is 0 Å². The van der Waals surface area contributed by atoms with Crippen molar-refractivity contribution >= 4 is 0 Å². The molecular formula is C14H18N2O. The Morgan fingerprint density at radius 3 is 2.71 bits per heavy atom. The van der Waals surface area contributed by atoms with Gasteiger partial charge in [-0.25, -0.2) is 0 Å². The molecule has 0 aliphatic rings. The topological polar surface area (TPSA) is 51.0 Å². The lowest BCUT2D eigenvalue weighted by Gasteiger charge is -2.10. The van der Waals surface area contributed by atoms with Crippen LogP contribution in [0.2, 0.25) is 0 Å². The molecule has 0 aliphatic heterocycles. The summed E-state index contributed by atoms with van der Waals surface area (Å²) < 4.78 is 5.41. The quantitative estimate of drug-likeness (QED) is 0.848. The molecule has 17 heavy (non-hydrogen) atoms. The number of nitrogens with one attached hydrogen (secondary N) is 1. The van der Waals surface area contributed by atoms with E-state index in [0.717, 1.165) is 28.9 Å². The van der Waals surface area contributed by atoms with Crippen LogP contribution < -0.4 is 10.5 Å². The van der Waals surface area contributed by atoms with Crippen LogP contribution in [0.15, 0.2) is 30.6 Å². The van der Waals surface area contributed by atoms with E-state index < -0.39 is 0 Å². The molecule has 0 atom stereocenters. The van der Waals surface area contributed by atoms with Crippen molar-refractivity contribution in [3.63, 3.8) is 0 Å². The highest BCUT2D eigenvalue weighted by Crippen LogP contribution is 2.33. The Labute approximate surface area is 102 Å². The van der Waals surface area contributed by atoms with Gasteiger partial charge in [-0.1, -0.05) is 13.0 Å². The third kappa shape index (κ3) is 2.19. The van der Waals surface area contributed by atoms with E-state index in [1.54, 1.807) is 7.11 Å². The number of nitrogens with two attached hydrogens (primary N) is 1. The fourth-order valence-corrected chi connectivity index (χ4v) is 2.00. The van der Waals surface area contributed by atoms with Gasteiger partial charge in [-0.15, -0.1) is 0 Å². The summed E-state index contributed by atoms with van der Waals surface area (Å²) in [6.45, 7) is 2.67. The molecule has 0 bridgehead atoms. The zero-order valence-corrected chi connectivity index (χ0v) is 10.3. The minimum atomic E-state index is 0.526. The van der Waals surface area contributed by atoms with E-state index in [4.69, 9.17) is 10.5 Å². The molecule has 2 aromatic rings. The van der Waals surface area contributed by atoms with Gasteiger partial charge in [-0.3, -0.25) is 0 Å². The molecular weight excluding hydrogens is 212 g/mol. The first-order chi connectivity index (χ1) is 8.30. The van der Waals surface area contributed by atoms with Gasteiger partial charge in [0.05, 0.1) is 7.11 Å². The molecule has 1 heterocycles. The van der Waals surface area contributed by atoms with Crippen LogP contribution in [0.3, 0.4) is 0 Å². The molecule has 0 fully saturated rings. The molecule has 90 valence electrons. The number of H-pyrrole nitrogens is 1. The lowest BCUT2D eigenvalue weighted by atomic mass is 10.00. The van der Waals surface area contributed by atoms with Gasteiger partial charge >= 0.3 is 0 Å². The van der Waals surface area contributed by atoms with Gasteiger partial charge in [-0.05, 0) is 29.7 Å². The summed E-state index contributed by atoms with van der Waals surface area (Å²) in [5.74, 6) is 0.886. The van der Waals surface area contributed by atoms with Crippen molar-refractivity contribution in [1.29, 1.82) is 0 Å². The van der Waals surface area contributed by atoms with Gasteiger partial charge in [0.1, 0.15) is 5.75 Å². The third-order valence-electron chi connectivity index (χ3n) is 3.01. The summed E-state index contributed by atoms with van der Waals surface area (Å²) in [7, 11) is 1.69. The van der Waals surface area contributed by atoms with Crippen LogP contribution in [-0.4, -0.2) is 12.1 Å². The van der Waals surface area contributed by atoms with Gasteiger partial charge < -0.3 is 15.5 Å². The third-order valence-corrected chi connectivity index (χ3v) is 3.01. The number of aryl methyl sites for hydroxylation is 1. The lowest BCUT2D eigenvalue weighted by Crippen LogP contribution is -1.97. The maximum absolute atomic E-state index is 5.73. The number of aromatic nitrogens is 1. The second-order valence-electron chi connectivity index (χ2n) is 3.99. The van der Waals surface area contributed by atoms with Crippen LogP contribution in [0.25, 0.3) is 11.1 Å². The molecule has 0 saturated carbocycles. The number of hydrogen-bond donors (Lipinski definition) is 2. The lowest BCUT2D eigenvalue weighted by molar-refractivity contribution is 0.416. The Morgan fingerprint density at radius 2 is 2.06 bits per heavy atom. The van der Waals surface area contributed by atoms with Crippen LogP contribution >= 0.6 is 0 Å². The van der Waals surface area contributed by atoms with E-state index in [2.05, 4.69) is 24.0 Å². The molecule has 0 saturated heterocycles. The van der Waals surface area contributed by atoms with E-state index in [-0.39, 0.29) is 0 Å². The smallest absolute Gasteiger partial charge is 0.126 e. The first-order valence-corrected chi connectivity index (χ1v) is 5.83. The van der Waals surface area contributed by atoms with Crippen LogP contribution in [0.1, 0.15) is 18.1 Å². The molecule has 3 nitrogen and oxygen atoms in total. The SMILES string of the molecule is CCc1ccc(OC)c(-c2c[nH]cc2CN)c1. The molecule has 0 aliphatic carbocycles. The zero-order chi connectivity index (χ0) is 12.3. The first kappa shape index (κ1) is 11.7. The predicted molar refractivity (Wildman–Crippen MR) is 70.1 cm³/mol. The van der Waals surface area contributed by atoms with Crippen molar-refractivity contribution < 1.29 is 4.74 Å². The summed E-state index contributed by atoms with van der Waals surface area (Å²) in [6, 6.07) is 6.28. The maximum Gasteiger partial charge on any atom is 0.126 e. The van der Waals surface area contributed by atoms with E-state index in [9.17, 15) is 0 Å². The van der Waals surface area contributed by atoms with Gasteiger partial charge in [-0.2, -0.15) is 0 Å². The van der Waals surface area contributed by atoms with Crippen LogP contribution in [-0.2, 0) is 13.0 Å². The summed E-state index contributed by atoms with van der Waals surface area (Å²) >= 11 is 0. The minimum Gasteiger partial charge on any atom is -0.496 e. The Hall–Kier alpha value is -1.74. The second kappa shape index (κ2) is 5.06. The van der Waals surface area contributed by atoms with E-state index in [1.807, 2.05) is 18.5 Å². The highest BCUT2D eigenvalue weighted by Gasteiger charge is 2.11. The summed E-state index contributed by atoms with van der Waals surface area (Å²) in [5.41, 5.74) is 10.4. The Balaban J connectivity index is 2.56. The van der Waals surface area contributed by atoms with Crippen LogP contribution in [0, 0.1) is 0 Å². The number of benzene rings is 1. The highest BCUT2D eigenvalue weighted by atomic mass is 16.5. The summed E-state index contributed by atoms with van der Waals surface area (Å²) in [4.78, 5) is 3.10. The summed E-state index contributed by atoms with van der Waals surface area (Å²) in [5, 5.41) is 0. The molecule has 2 rings (SSSR count). The van der Waals surface area contributed by atoms with Crippen molar-refractivity contribution in [3.8, 4) is 16.9 Å². The number of methoxy groups -OCH3 is 1. The van der Waals surface area contributed by atoms with Gasteiger partial charge in [0.25, 0.3) is 0 Å². The molecule has 0 amide bonds.